The van der Waals surface area contributed by atoms with Crippen LogP contribution in [0.15, 0.2) is 72.8 Å². The summed E-state index contributed by atoms with van der Waals surface area (Å²) in [5, 5.41) is 2.99. The molecule has 0 aliphatic rings. The number of aryl methyl sites for hydroxylation is 1. The molecule has 29 heavy (non-hydrogen) atoms. The third-order valence-electron chi connectivity index (χ3n) is 5.01. The summed E-state index contributed by atoms with van der Waals surface area (Å²) < 4.78 is 15.4. The van der Waals surface area contributed by atoms with Gasteiger partial charge in [-0.1, -0.05) is 42.5 Å². The van der Waals surface area contributed by atoms with Crippen molar-refractivity contribution in [3.8, 4) is 0 Å². The van der Waals surface area contributed by atoms with E-state index in [0.29, 0.717) is 25.1 Å². The number of aromatic nitrogens is 2. The molecule has 1 aromatic heterocycles. The molecule has 4 rings (SSSR count). The monoisotopic (exact) mass is 387 g/mol. The van der Waals surface area contributed by atoms with Crippen LogP contribution in [0.25, 0.3) is 11.0 Å². The molecule has 0 unspecified atom stereocenters. The van der Waals surface area contributed by atoms with Crippen LogP contribution in [0.3, 0.4) is 0 Å². The fraction of sp³-hybridized carbons (Fsp3) is 0.167. The molecule has 0 spiro atoms. The number of amides is 1. The largest absolute Gasteiger partial charge is 0.352 e. The van der Waals surface area contributed by atoms with Gasteiger partial charge in [0.1, 0.15) is 11.6 Å². The van der Waals surface area contributed by atoms with Gasteiger partial charge in [-0.3, -0.25) is 4.79 Å². The fourth-order valence-corrected chi connectivity index (χ4v) is 3.48. The van der Waals surface area contributed by atoms with Crippen LogP contribution in [0, 0.1) is 12.7 Å². The molecule has 0 atom stereocenters. The first-order valence-corrected chi connectivity index (χ1v) is 9.64. The summed E-state index contributed by atoms with van der Waals surface area (Å²) in [4.78, 5) is 17.2. The van der Waals surface area contributed by atoms with Gasteiger partial charge in [0.2, 0.25) is 0 Å². The van der Waals surface area contributed by atoms with E-state index in [-0.39, 0.29) is 11.7 Å². The minimum absolute atomic E-state index is 0.0794. The van der Waals surface area contributed by atoms with Crippen molar-refractivity contribution in [1.29, 1.82) is 0 Å². The van der Waals surface area contributed by atoms with Gasteiger partial charge in [0.05, 0.1) is 11.0 Å². The topological polar surface area (TPSA) is 46.9 Å². The van der Waals surface area contributed by atoms with Gasteiger partial charge in [-0.2, -0.15) is 0 Å². The second-order valence-electron chi connectivity index (χ2n) is 7.05. The van der Waals surface area contributed by atoms with Crippen LogP contribution in [0.1, 0.15) is 27.3 Å². The molecule has 0 saturated heterocycles. The lowest BCUT2D eigenvalue weighted by Gasteiger charge is -2.11. The van der Waals surface area contributed by atoms with E-state index in [1.165, 1.54) is 12.1 Å². The molecule has 1 heterocycles. The third kappa shape index (κ3) is 4.19. The quantitative estimate of drug-likeness (QED) is 0.529. The Labute approximate surface area is 169 Å². The minimum atomic E-state index is -0.247. The minimum Gasteiger partial charge on any atom is -0.352 e. The van der Waals surface area contributed by atoms with Crippen LogP contribution in [-0.2, 0) is 13.0 Å². The van der Waals surface area contributed by atoms with Crippen LogP contribution >= 0.6 is 0 Å². The summed E-state index contributed by atoms with van der Waals surface area (Å²) in [6.45, 7) is 3.01. The van der Waals surface area contributed by atoms with Gasteiger partial charge in [0.15, 0.2) is 0 Å². The van der Waals surface area contributed by atoms with Crippen LogP contribution in [0.4, 0.5) is 4.39 Å². The number of hydrogen-bond acceptors (Lipinski definition) is 2. The highest BCUT2D eigenvalue weighted by Gasteiger charge is 2.12. The van der Waals surface area contributed by atoms with E-state index in [0.717, 1.165) is 28.0 Å². The van der Waals surface area contributed by atoms with Crippen LogP contribution in [0.2, 0.25) is 0 Å². The zero-order chi connectivity index (χ0) is 20.2. The first kappa shape index (κ1) is 18.9. The zero-order valence-electron chi connectivity index (χ0n) is 16.2. The van der Waals surface area contributed by atoms with Gasteiger partial charge in [-0.05, 0) is 48.4 Å². The van der Waals surface area contributed by atoms with Crippen LogP contribution in [-0.4, -0.2) is 22.0 Å². The van der Waals surface area contributed by atoms with E-state index in [2.05, 4.69) is 9.88 Å². The Bertz CT molecular complexity index is 1150. The van der Waals surface area contributed by atoms with Crippen molar-refractivity contribution < 1.29 is 9.18 Å². The van der Waals surface area contributed by atoms with Crippen LogP contribution in [0.5, 0.6) is 0 Å². The molecule has 1 N–H and O–H groups in total. The maximum Gasteiger partial charge on any atom is 0.251 e. The molecule has 0 radical (unpaired) electrons. The number of nitrogens with one attached hydrogen (secondary N) is 1. The van der Waals surface area contributed by atoms with Crippen molar-refractivity contribution in [1.82, 2.24) is 14.9 Å². The summed E-state index contributed by atoms with van der Waals surface area (Å²) in [5.74, 6) is 0.563. The summed E-state index contributed by atoms with van der Waals surface area (Å²) in [6.07, 6.45) is 0.605. The molecule has 3 aromatic carbocycles. The highest BCUT2D eigenvalue weighted by Crippen LogP contribution is 2.18. The van der Waals surface area contributed by atoms with E-state index >= 15 is 0 Å². The normalized spacial score (nSPS) is 11.0. The number of rotatable bonds is 6. The maximum atomic E-state index is 13.2. The highest BCUT2D eigenvalue weighted by atomic mass is 19.1. The molecule has 146 valence electrons. The second kappa shape index (κ2) is 8.27. The number of hydrogen-bond donors (Lipinski definition) is 1. The molecule has 0 fully saturated rings. The van der Waals surface area contributed by atoms with Crippen molar-refractivity contribution in [2.45, 2.75) is 19.9 Å². The number of imidazole rings is 1. The summed E-state index contributed by atoms with van der Waals surface area (Å²) in [5.41, 5.74) is 4.58. The number of carbonyl (C=O) groups excluding carboxylic acids is 1. The van der Waals surface area contributed by atoms with E-state index in [9.17, 15) is 9.18 Å². The predicted molar refractivity (Wildman–Crippen MR) is 112 cm³/mol. The average Bonchev–Trinajstić information content (AvgIpc) is 3.07. The molecular formula is C24H22FN3O. The summed E-state index contributed by atoms with van der Waals surface area (Å²) in [6, 6.07) is 22.0. The summed E-state index contributed by atoms with van der Waals surface area (Å²) in [7, 11) is 0. The fourth-order valence-electron chi connectivity index (χ4n) is 3.48. The lowest BCUT2D eigenvalue weighted by Crippen LogP contribution is -2.27. The first-order valence-electron chi connectivity index (χ1n) is 9.64. The number of fused-ring (bicyclic) bond motifs is 1. The maximum absolute atomic E-state index is 13.2. The Balaban J connectivity index is 1.53. The molecule has 5 heteroatoms. The molecular weight excluding hydrogens is 365 g/mol. The number of nitrogens with zero attached hydrogens (tertiary/aromatic N) is 2. The SMILES string of the molecule is Cc1ccccc1C(=O)NCCc1nc2ccccc2n1Cc1ccc(F)cc1. The van der Waals surface area contributed by atoms with E-state index in [1.807, 2.05) is 55.5 Å². The molecule has 4 nitrogen and oxygen atoms in total. The van der Waals surface area contributed by atoms with Gasteiger partial charge in [-0.25, -0.2) is 9.37 Å². The number of carbonyl (C=O) groups is 1. The lowest BCUT2D eigenvalue weighted by molar-refractivity contribution is 0.0953. The Morgan fingerprint density at radius 2 is 1.72 bits per heavy atom. The molecule has 0 aliphatic heterocycles. The predicted octanol–water partition coefficient (Wildman–Crippen LogP) is 4.50. The van der Waals surface area contributed by atoms with E-state index < -0.39 is 0 Å². The Morgan fingerprint density at radius 3 is 2.52 bits per heavy atom. The standard InChI is InChI=1S/C24H22FN3O/c1-17-6-2-3-7-20(17)24(29)26-15-14-23-27-21-8-4-5-9-22(21)28(23)16-18-10-12-19(25)13-11-18/h2-13H,14-16H2,1H3,(H,26,29). The van der Waals surface area contributed by atoms with Crippen molar-refractivity contribution in [3.05, 3.63) is 101 Å². The smallest absolute Gasteiger partial charge is 0.251 e. The van der Waals surface area contributed by atoms with Gasteiger partial charge in [0.25, 0.3) is 5.91 Å². The third-order valence-corrected chi connectivity index (χ3v) is 5.01. The molecule has 4 aromatic rings. The Hall–Kier alpha value is -3.47. The van der Waals surface area contributed by atoms with Crippen molar-refractivity contribution in [2.75, 3.05) is 6.54 Å². The number of para-hydroxylation sites is 2. The zero-order valence-corrected chi connectivity index (χ0v) is 16.2. The lowest BCUT2D eigenvalue weighted by atomic mass is 10.1. The van der Waals surface area contributed by atoms with Crippen molar-refractivity contribution in [3.63, 3.8) is 0 Å². The van der Waals surface area contributed by atoms with Gasteiger partial charge < -0.3 is 9.88 Å². The second-order valence-corrected chi connectivity index (χ2v) is 7.05. The van der Waals surface area contributed by atoms with E-state index in [1.54, 1.807) is 12.1 Å². The van der Waals surface area contributed by atoms with Gasteiger partial charge in [0, 0.05) is 25.1 Å². The summed E-state index contributed by atoms with van der Waals surface area (Å²) >= 11 is 0. The first-order chi connectivity index (χ1) is 14.1. The molecule has 1 amide bonds. The van der Waals surface area contributed by atoms with Crippen molar-refractivity contribution >= 4 is 16.9 Å². The van der Waals surface area contributed by atoms with E-state index in [4.69, 9.17) is 4.98 Å². The average molecular weight is 387 g/mol. The number of halogens is 1. The molecule has 0 bridgehead atoms. The molecule has 0 aliphatic carbocycles. The van der Waals surface area contributed by atoms with Crippen molar-refractivity contribution in [2.24, 2.45) is 0 Å². The van der Waals surface area contributed by atoms with Crippen LogP contribution < -0.4 is 5.32 Å². The van der Waals surface area contributed by atoms with Gasteiger partial charge >= 0.3 is 0 Å². The highest BCUT2D eigenvalue weighted by molar-refractivity contribution is 5.95. The number of benzene rings is 3. The Kier molecular flexibility index (Phi) is 5.38. The van der Waals surface area contributed by atoms with Gasteiger partial charge in [-0.15, -0.1) is 0 Å². The Morgan fingerprint density at radius 1 is 1.00 bits per heavy atom. The molecule has 0 saturated carbocycles.